The van der Waals surface area contributed by atoms with Crippen molar-refractivity contribution in [2.75, 3.05) is 13.1 Å². The van der Waals surface area contributed by atoms with E-state index in [2.05, 4.69) is 4.98 Å². The van der Waals surface area contributed by atoms with Crippen LogP contribution in [-0.2, 0) is 32.6 Å². The second-order valence-electron chi connectivity index (χ2n) is 7.53. The summed E-state index contributed by atoms with van der Waals surface area (Å²) >= 11 is 1.35. The Hall–Kier alpha value is -2.56. The molecule has 0 aliphatic carbocycles. The molecule has 1 saturated heterocycles. The lowest BCUT2D eigenvalue weighted by molar-refractivity contribution is -0.144. The highest BCUT2D eigenvalue weighted by Crippen LogP contribution is 2.21. The van der Waals surface area contributed by atoms with E-state index in [1.165, 1.54) is 38.2 Å². The molecule has 10 heteroatoms. The van der Waals surface area contributed by atoms with Gasteiger partial charge in [0, 0.05) is 30.2 Å². The molecule has 1 aliphatic heterocycles. The lowest BCUT2D eigenvalue weighted by Gasteiger charge is -2.25. The Balaban J connectivity index is 1.37. The van der Waals surface area contributed by atoms with Gasteiger partial charge in [-0.1, -0.05) is 18.6 Å². The summed E-state index contributed by atoms with van der Waals surface area (Å²) in [4.78, 5) is 29.5. The summed E-state index contributed by atoms with van der Waals surface area (Å²) in [7, 11) is -3.50. The normalized spacial score (nSPS) is 15.3. The molecule has 0 radical (unpaired) electrons. The highest BCUT2D eigenvalue weighted by atomic mass is 32.2. The first-order valence-electron chi connectivity index (χ1n) is 10.1. The molecule has 0 unspecified atom stereocenters. The van der Waals surface area contributed by atoms with E-state index in [4.69, 9.17) is 4.74 Å². The van der Waals surface area contributed by atoms with Gasteiger partial charge in [0.15, 0.2) is 4.96 Å². The highest BCUT2D eigenvalue weighted by Gasteiger charge is 2.25. The predicted molar refractivity (Wildman–Crippen MR) is 117 cm³/mol. The minimum atomic E-state index is -3.50. The first-order chi connectivity index (χ1) is 14.8. The first-order valence-corrected chi connectivity index (χ1v) is 12.4. The van der Waals surface area contributed by atoms with Gasteiger partial charge in [-0.05, 0) is 37.5 Å². The fourth-order valence-corrected chi connectivity index (χ4v) is 5.99. The van der Waals surface area contributed by atoms with E-state index in [9.17, 15) is 18.0 Å². The number of benzene rings is 1. The molecular formula is C21H23N3O5S2. The summed E-state index contributed by atoms with van der Waals surface area (Å²) in [5.74, 6) is -0.476. The molecule has 8 nitrogen and oxygen atoms in total. The van der Waals surface area contributed by atoms with Crippen molar-refractivity contribution in [2.45, 2.75) is 44.1 Å². The standard InChI is InChI=1S/C21H23N3O5S2/c1-15-14-30-21-22-17(12-19(25)24(15)21)13-29-20(26)11-16-5-7-18(8-6-16)31(27,28)23-9-3-2-4-10-23/h5-8,12,14H,2-4,9-11,13H2,1H3. The number of aromatic nitrogens is 2. The van der Waals surface area contributed by atoms with Gasteiger partial charge in [-0.2, -0.15) is 4.31 Å². The summed E-state index contributed by atoms with van der Waals surface area (Å²) in [6.45, 7) is 2.83. The van der Waals surface area contributed by atoms with Gasteiger partial charge in [-0.15, -0.1) is 11.3 Å². The maximum atomic E-state index is 12.7. The quantitative estimate of drug-likeness (QED) is 0.523. The van der Waals surface area contributed by atoms with Gasteiger partial charge in [0.05, 0.1) is 17.0 Å². The maximum Gasteiger partial charge on any atom is 0.310 e. The number of thiazole rings is 1. The molecule has 0 amide bonds. The van der Waals surface area contributed by atoms with Crippen LogP contribution in [0.4, 0.5) is 0 Å². The number of carbonyl (C=O) groups is 1. The number of esters is 1. The van der Waals surface area contributed by atoms with Crippen LogP contribution in [-0.4, -0.2) is 41.2 Å². The largest absolute Gasteiger partial charge is 0.459 e. The summed E-state index contributed by atoms with van der Waals surface area (Å²) in [6.07, 6.45) is 2.81. The number of hydrogen-bond donors (Lipinski definition) is 0. The van der Waals surface area contributed by atoms with Gasteiger partial charge >= 0.3 is 5.97 Å². The van der Waals surface area contributed by atoms with Crippen molar-refractivity contribution in [1.29, 1.82) is 0 Å². The lowest BCUT2D eigenvalue weighted by atomic mass is 10.1. The van der Waals surface area contributed by atoms with Crippen LogP contribution in [0, 0.1) is 6.92 Å². The topological polar surface area (TPSA) is 98.0 Å². The molecule has 2 aromatic heterocycles. The van der Waals surface area contributed by atoms with E-state index in [1.807, 2.05) is 12.3 Å². The zero-order valence-electron chi connectivity index (χ0n) is 17.1. The smallest absolute Gasteiger partial charge is 0.310 e. The third-order valence-electron chi connectivity index (χ3n) is 5.23. The summed E-state index contributed by atoms with van der Waals surface area (Å²) < 4.78 is 33.7. The van der Waals surface area contributed by atoms with Crippen LogP contribution in [0.5, 0.6) is 0 Å². The van der Waals surface area contributed by atoms with E-state index < -0.39 is 16.0 Å². The van der Waals surface area contributed by atoms with E-state index in [-0.39, 0.29) is 23.5 Å². The third kappa shape index (κ3) is 4.70. The molecule has 0 spiro atoms. The fourth-order valence-electron chi connectivity index (χ4n) is 3.58. The Morgan fingerprint density at radius 2 is 1.87 bits per heavy atom. The lowest BCUT2D eigenvalue weighted by Crippen LogP contribution is -2.35. The minimum Gasteiger partial charge on any atom is -0.459 e. The Labute approximate surface area is 184 Å². The number of hydrogen-bond acceptors (Lipinski definition) is 7. The van der Waals surface area contributed by atoms with Crippen molar-refractivity contribution >= 4 is 32.3 Å². The van der Waals surface area contributed by atoms with Gasteiger partial charge in [0.1, 0.15) is 6.61 Å². The molecule has 0 atom stereocenters. The van der Waals surface area contributed by atoms with E-state index in [0.717, 1.165) is 25.0 Å². The average Bonchev–Trinajstić information content (AvgIpc) is 3.14. The van der Waals surface area contributed by atoms with Crippen molar-refractivity contribution in [3.05, 3.63) is 63.0 Å². The number of piperidine rings is 1. The Morgan fingerprint density at radius 1 is 1.16 bits per heavy atom. The fraction of sp³-hybridized carbons (Fsp3) is 0.381. The predicted octanol–water partition coefficient (Wildman–Crippen LogP) is 2.52. The van der Waals surface area contributed by atoms with Crippen LogP contribution in [0.2, 0.25) is 0 Å². The third-order valence-corrected chi connectivity index (χ3v) is 8.09. The molecule has 1 fully saturated rings. The molecule has 0 bridgehead atoms. The SMILES string of the molecule is Cc1csc2nc(COC(=O)Cc3ccc(S(=O)(=O)N4CCCCC4)cc3)cc(=O)n12. The first kappa shape index (κ1) is 21.7. The van der Waals surface area contributed by atoms with Gasteiger partial charge in [-0.3, -0.25) is 14.0 Å². The number of sulfonamides is 1. The molecule has 4 rings (SSSR count). The summed E-state index contributed by atoms with van der Waals surface area (Å²) in [5.41, 5.74) is 1.65. The van der Waals surface area contributed by atoms with Crippen LogP contribution in [0.15, 0.2) is 45.4 Å². The molecule has 164 valence electrons. The maximum absolute atomic E-state index is 12.7. The molecule has 1 aliphatic rings. The van der Waals surface area contributed by atoms with E-state index >= 15 is 0 Å². The van der Waals surface area contributed by atoms with E-state index in [0.29, 0.717) is 29.3 Å². The molecule has 3 heterocycles. The van der Waals surface area contributed by atoms with Gasteiger partial charge < -0.3 is 4.74 Å². The molecule has 1 aromatic carbocycles. The number of fused-ring (bicyclic) bond motifs is 1. The van der Waals surface area contributed by atoms with Crippen LogP contribution in [0.3, 0.4) is 0 Å². The van der Waals surface area contributed by atoms with Crippen molar-refractivity contribution in [3.8, 4) is 0 Å². The monoisotopic (exact) mass is 461 g/mol. The van der Waals surface area contributed by atoms with E-state index in [1.54, 1.807) is 12.1 Å². The molecule has 31 heavy (non-hydrogen) atoms. The van der Waals surface area contributed by atoms with Gasteiger partial charge in [0.2, 0.25) is 10.0 Å². The van der Waals surface area contributed by atoms with Crippen molar-refractivity contribution in [2.24, 2.45) is 0 Å². The molecule has 0 saturated carbocycles. The molecule has 0 N–H and O–H groups in total. The number of carbonyl (C=O) groups excluding carboxylic acids is 1. The Bertz CT molecular complexity index is 1260. The van der Waals surface area contributed by atoms with Crippen molar-refractivity contribution in [1.82, 2.24) is 13.7 Å². The molecular weight excluding hydrogens is 438 g/mol. The number of nitrogens with zero attached hydrogens (tertiary/aromatic N) is 3. The number of aryl methyl sites for hydroxylation is 1. The second kappa shape index (κ2) is 8.89. The minimum absolute atomic E-state index is 0.00335. The Morgan fingerprint density at radius 3 is 2.58 bits per heavy atom. The molecule has 3 aromatic rings. The van der Waals surface area contributed by atoms with Crippen molar-refractivity contribution in [3.63, 3.8) is 0 Å². The van der Waals surface area contributed by atoms with Gasteiger partial charge in [-0.25, -0.2) is 13.4 Å². The van der Waals surface area contributed by atoms with Crippen LogP contribution < -0.4 is 5.56 Å². The van der Waals surface area contributed by atoms with Crippen LogP contribution in [0.25, 0.3) is 4.96 Å². The second-order valence-corrected chi connectivity index (χ2v) is 10.3. The van der Waals surface area contributed by atoms with Crippen molar-refractivity contribution < 1.29 is 17.9 Å². The zero-order valence-corrected chi connectivity index (χ0v) is 18.7. The van der Waals surface area contributed by atoms with Crippen LogP contribution in [0.1, 0.15) is 36.2 Å². The summed E-state index contributed by atoms with van der Waals surface area (Å²) in [6, 6.07) is 7.68. The average molecular weight is 462 g/mol. The number of rotatable bonds is 6. The highest BCUT2D eigenvalue weighted by molar-refractivity contribution is 7.89. The summed E-state index contributed by atoms with van der Waals surface area (Å²) in [5, 5.41) is 1.84. The van der Waals surface area contributed by atoms with Crippen LogP contribution >= 0.6 is 11.3 Å². The zero-order chi connectivity index (χ0) is 22.0. The van der Waals surface area contributed by atoms with Gasteiger partial charge in [0.25, 0.3) is 5.56 Å². The Kier molecular flexibility index (Phi) is 6.22. The number of ether oxygens (including phenoxy) is 1.